The Morgan fingerprint density at radius 1 is 1.45 bits per heavy atom. The van der Waals surface area contributed by atoms with Crippen LogP contribution in [0.4, 0.5) is 5.69 Å². The van der Waals surface area contributed by atoms with Crippen molar-refractivity contribution in [3.8, 4) is 0 Å². The summed E-state index contributed by atoms with van der Waals surface area (Å²) < 4.78 is 5.03. The van der Waals surface area contributed by atoms with Crippen LogP contribution in [0, 0.1) is 5.92 Å². The number of carbonyl (C=O) groups excluding carboxylic acids is 1. The third-order valence-corrected chi connectivity index (χ3v) is 3.54. The van der Waals surface area contributed by atoms with Gasteiger partial charge in [0.25, 0.3) is 0 Å². The van der Waals surface area contributed by atoms with Crippen LogP contribution in [-0.4, -0.2) is 37.2 Å². The monoisotopic (exact) mass is 277 g/mol. The van der Waals surface area contributed by atoms with E-state index >= 15 is 0 Å². The number of hydrogen-bond donors (Lipinski definition) is 1. The number of carboxylic acids is 1. The fraction of sp³-hybridized carbons (Fsp3) is 0.467. The minimum absolute atomic E-state index is 0.0502. The number of carboxylic acid groups (broad SMARTS) is 1. The molecule has 0 aromatic heterocycles. The summed E-state index contributed by atoms with van der Waals surface area (Å²) in [5.74, 6) is -1.46. The van der Waals surface area contributed by atoms with Gasteiger partial charge >= 0.3 is 5.97 Å². The molecule has 1 aliphatic rings. The van der Waals surface area contributed by atoms with E-state index in [9.17, 15) is 14.7 Å². The van der Waals surface area contributed by atoms with E-state index < -0.39 is 11.9 Å². The fourth-order valence-electron chi connectivity index (χ4n) is 2.61. The lowest BCUT2D eigenvalue weighted by Crippen LogP contribution is -2.32. The second-order valence-corrected chi connectivity index (χ2v) is 5.22. The van der Waals surface area contributed by atoms with Crippen molar-refractivity contribution in [2.45, 2.75) is 19.3 Å². The number of aliphatic carboxylic acids is 1. The lowest BCUT2D eigenvalue weighted by Gasteiger charge is -2.19. The van der Waals surface area contributed by atoms with Gasteiger partial charge in [0, 0.05) is 32.4 Å². The maximum absolute atomic E-state index is 12.3. The highest BCUT2D eigenvalue weighted by Crippen LogP contribution is 2.36. The van der Waals surface area contributed by atoms with Crippen molar-refractivity contribution < 1.29 is 19.4 Å². The van der Waals surface area contributed by atoms with Crippen molar-refractivity contribution in [1.29, 1.82) is 0 Å². The Labute approximate surface area is 118 Å². The van der Waals surface area contributed by atoms with Crippen LogP contribution in [-0.2, 0) is 14.3 Å². The molecule has 1 aliphatic heterocycles. The fourth-order valence-corrected chi connectivity index (χ4v) is 2.61. The van der Waals surface area contributed by atoms with E-state index in [1.165, 1.54) is 0 Å². The molecular formula is C15H19NO4. The second-order valence-electron chi connectivity index (χ2n) is 5.22. The number of hydrogen-bond acceptors (Lipinski definition) is 3. The molecule has 1 heterocycles. The molecule has 0 fully saturated rings. The van der Waals surface area contributed by atoms with Crippen molar-refractivity contribution in [2.75, 3.05) is 25.2 Å². The molecule has 5 heteroatoms. The Morgan fingerprint density at radius 3 is 2.80 bits per heavy atom. The first-order valence-electron chi connectivity index (χ1n) is 6.65. The Hall–Kier alpha value is -1.88. The van der Waals surface area contributed by atoms with Gasteiger partial charge in [-0.05, 0) is 17.5 Å². The minimum atomic E-state index is -0.891. The summed E-state index contributed by atoms with van der Waals surface area (Å²) in [5.41, 5.74) is 1.43. The average Bonchev–Trinajstić information content (AvgIpc) is 2.78. The van der Waals surface area contributed by atoms with Crippen LogP contribution < -0.4 is 4.90 Å². The maximum atomic E-state index is 12.3. The quantitative estimate of drug-likeness (QED) is 0.892. The van der Waals surface area contributed by atoms with E-state index in [0.717, 1.165) is 5.69 Å². The highest BCUT2D eigenvalue weighted by Gasteiger charge is 2.36. The smallest absolute Gasteiger partial charge is 0.312 e. The van der Waals surface area contributed by atoms with Gasteiger partial charge < -0.3 is 14.7 Å². The minimum Gasteiger partial charge on any atom is -0.481 e. The largest absolute Gasteiger partial charge is 0.481 e. The van der Waals surface area contributed by atoms with Crippen LogP contribution in [0.5, 0.6) is 0 Å². The zero-order valence-electron chi connectivity index (χ0n) is 11.7. The van der Waals surface area contributed by atoms with Crippen LogP contribution in [0.25, 0.3) is 0 Å². The Bertz CT molecular complexity index is 514. The zero-order valence-corrected chi connectivity index (χ0v) is 11.7. The molecule has 20 heavy (non-hydrogen) atoms. The van der Waals surface area contributed by atoms with Gasteiger partial charge in [-0.15, -0.1) is 0 Å². The van der Waals surface area contributed by atoms with Gasteiger partial charge in [0.05, 0.1) is 0 Å². The summed E-state index contributed by atoms with van der Waals surface area (Å²) in [5, 5.41) is 9.27. The van der Waals surface area contributed by atoms with Gasteiger partial charge in [-0.3, -0.25) is 9.59 Å². The molecule has 0 aliphatic carbocycles. The zero-order chi connectivity index (χ0) is 14.7. The van der Waals surface area contributed by atoms with Crippen molar-refractivity contribution in [2.24, 2.45) is 5.92 Å². The first kappa shape index (κ1) is 14.5. The van der Waals surface area contributed by atoms with Gasteiger partial charge in [-0.2, -0.15) is 0 Å². The predicted octanol–water partition coefficient (Wildman–Crippen LogP) is 1.87. The molecule has 0 saturated carbocycles. The number of fused-ring (bicyclic) bond motifs is 1. The molecule has 108 valence electrons. The predicted molar refractivity (Wildman–Crippen MR) is 74.8 cm³/mol. The number of amides is 1. The summed E-state index contributed by atoms with van der Waals surface area (Å²) in [6.45, 7) is 2.68. The summed E-state index contributed by atoms with van der Waals surface area (Å²) in [7, 11) is 1.60. The average molecular weight is 277 g/mol. The molecule has 0 spiro atoms. The topological polar surface area (TPSA) is 66.8 Å². The molecule has 0 saturated heterocycles. The van der Waals surface area contributed by atoms with Gasteiger partial charge in [0.2, 0.25) is 5.91 Å². The van der Waals surface area contributed by atoms with Crippen LogP contribution in [0.2, 0.25) is 0 Å². The standard InChI is InChI=1S/C15H19NO4/c1-10(9-20-2)7-14(17)16-8-12(15(18)19)11-5-3-4-6-13(11)16/h3-6,10,12H,7-9H2,1-2H3,(H,18,19). The summed E-state index contributed by atoms with van der Waals surface area (Å²) in [4.78, 5) is 25.2. The number of nitrogens with zero attached hydrogens (tertiary/aromatic N) is 1. The summed E-state index contributed by atoms with van der Waals surface area (Å²) in [6, 6.07) is 7.20. The number of carbonyl (C=O) groups is 2. The second kappa shape index (κ2) is 6.05. The van der Waals surface area contributed by atoms with E-state index in [2.05, 4.69) is 0 Å². The number of para-hydroxylation sites is 1. The van der Waals surface area contributed by atoms with E-state index in [1.807, 2.05) is 13.0 Å². The number of benzene rings is 1. The van der Waals surface area contributed by atoms with E-state index in [4.69, 9.17) is 4.74 Å². The van der Waals surface area contributed by atoms with Crippen molar-refractivity contribution in [1.82, 2.24) is 0 Å². The van der Waals surface area contributed by atoms with Gasteiger partial charge in [-0.1, -0.05) is 25.1 Å². The first-order valence-corrected chi connectivity index (χ1v) is 6.65. The molecule has 1 N–H and O–H groups in total. The number of ether oxygens (including phenoxy) is 1. The van der Waals surface area contributed by atoms with Crippen LogP contribution in [0.3, 0.4) is 0 Å². The Kier molecular flexibility index (Phi) is 4.39. The molecule has 2 atom stereocenters. The van der Waals surface area contributed by atoms with Gasteiger partial charge in [0.15, 0.2) is 0 Å². The lowest BCUT2D eigenvalue weighted by atomic mass is 10.0. The van der Waals surface area contributed by atoms with Crippen molar-refractivity contribution in [3.63, 3.8) is 0 Å². The SMILES string of the molecule is COCC(C)CC(=O)N1CC(C(=O)O)c2ccccc21. The highest BCUT2D eigenvalue weighted by molar-refractivity contribution is 5.99. The van der Waals surface area contributed by atoms with E-state index in [-0.39, 0.29) is 18.4 Å². The lowest BCUT2D eigenvalue weighted by molar-refractivity contribution is -0.138. The molecule has 0 bridgehead atoms. The number of rotatable bonds is 5. The van der Waals surface area contributed by atoms with Gasteiger partial charge in [-0.25, -0.2) is 0 Å². The molecule has 1 amide bonds. The van der Waals surface area contributed by atoms with E-state index in [1.54, 1.807) is 30.2 Å². The van der Waals surface area contributed by atoms with Crippen molar-refractivity contribution >= 4 is 17.6 Å². The first-order chi connectivity index (χ1) is 9.54. The Balaban J connectivity index is 2.18. The molecule has 1 aromatic rings. The third-order valence-electron chi connectivity index (χ3n) is 3.54. The molecule has 0 radical (unpaired) electrons. The molecule has 2 rings (SSSR count). The molecular weight excluding hydrogens is 258 g/mol. The highest BCUT2D eigenvalue weighted by atomic mass is 16.5. The van der Waals surface area contributed by atoms with Gasteiger partial charge in [0.1, 0.15) is 5.92 Å². The summed E-state index contributed by atoms with van der Waals surface area (Å²) >= 11 is 0. The maximum Gasteiger partial charge on any atom is 0.312 e. The van der Waals surface area contributed by atoms with Crippen LogP contribution >= 0.6 is 0 Å². The normalized spacial score (nSPS) is 18.7. The summed E-state index contributed by atoms with van der Waals surface area (Å²) in [6.07, 6.45) is 0.356. The molecule has 5 nitrogen and oxygen atoms in total. The van der Waals surface area contributed by atoms with E-state index in [0.29, 0.717) is 18.6 Å². The number of methoxy groups -OCH3 is 1. The van der Waals surface area contributed by atoms with Crippen LogP contribution in [0.15, 0.2) is 24.3 Å². The Morgan fingerprint density at radius 2 is 2.15 bits per heavy atom. The van der Waals surface area contributed by atoms with Crippen LogP contribution in [0.1, 0.15) is 24.8 Å². The molecule has 2 unspecified atom stereocenters. The van der Waals surface area contributed by atoms with Crippen molar-refractivity contribution in [3.05, 3.63) is 29.8 Å². The number of anilines is 1. The third kappa shape index (κ3) is 2.82. The molecule has 1 aromatic carbocycles.